The Hall–Kier alpha value is -3.96. The SMILES string of the molecule is [C-]#[N+]/C(C)=C(\C)c1c(C)c(C(C)(C)C)c(Cc2nc(Nc3c(C)c(C)c(C#N)c(C)c3C)nc(C)c2C)c(C(C)(C)C)c1C. The van der Waals surface area contributed by atoms with Crippen LogP contribution in [0.15, 0.2) is 5.70 Å². The monoisotopic (exact) mass is 589 g/mol. The molecular formula is C39H51N5. The molecule has 0 saturated carbocycles. The molecule has 0 unspecified atom stereocenters. The van der Waals surface area contributed by atoms with Gasteiger partial charge >= 0.3 is 0 Å². The Labute approximate surface area is 266 Å². The fourth-order valence-electron chi connectivity index (χ4n) is 7.01. The lowest BCUT2D eigenvalue weighted by atomic mass is 9.69. The normalized spacial score (nSPS) is 12.5. The molecule has 1 aromatic heterocycles. The van der Waals surface area contributed by atoms with Crippen LogP contribution in [0.4, 0.5) is 11.6 Å². The van der Waals surface area contributed by atoms with Crippen LogP contribution in [-0.2, 0) is 17.3 Å². The first kappa shape index (κ1) is 34.5. The van der Waals surface area contributed by atoms with Crippen LogP contribution in [0.3, 0.4) is 0 Å². The van der Waals surface area contributed by atoms with Crippen molar-refractivity contribution in [3.63, 3.8) is 0 Å². The fraction of sp³-hybridized carbons (Fsp3) is 0.487. The third-order valence-corrected chi connectivity index (χ3v) is 9.50. The number of aromatic nitrogens is 2. The zero-order valence-corrected chi connectivity index (χ0v) is 30.0. The van der Waals surface area contributed by atoms with E-state index < -0.39 is 0 Å². The van der Waals surface area contributed by atoms with Gasteiger partial charge in [-0.1, -0.05) is 41.5 Å². The average molecular weight is 590 g/mol. The number of anilines is 2. The van der Waals surface area contributed by atoms with Crippen molar-refractivity contribution in [3.8, 4) is 6.07 Å². The van der Waals surface area contributed by atoms with Gasteiger partial charge in [0.05, 0.1) is 23.9 Å². The largest absolute Gasteiger partial charge is 0.324 e. The highest BCUT2D eigenvalue weighted by Gasteiger charge is 2.32. The van der Waals surface area contributed by atoms with Gasteiger partial charge in [0.2, 0.25) is 5.95 Å². The van der Waals surface area contributed by atoms with Crippen molar-refractivity contribution in [1.29, 1.82) is 5.26 Å². The maximum absolute atomic E-state index is 9.75. The number of nitrogens with one attached hydrogen (secondary N) is 1. The number of nitrogens with zero attached hydrogens (tertiary/aromatic N) is 4. The maximum Gasteiger partial charge on any atom is 0.227 e. The summed E-state index contributed by atoms with van der Waals surface area (Å²) in [5, 5.41) is 13.3. The molecule has 0 aliphatic rings. The maximum atomic E-state index is 9.75. The van der Waals surface area contributed by atoms with E-state index in [0.29, 0.717) is 12.4 Å². The minimum Gasteiger partial charge on any atom is -0.324 e. The van der Waals surface area contributed by atoms with Crippen molar-refractivity contribution in [2.24, 2.45) is 0 Å². The Bertz CT molecular complexity index is 1700. The summed E-state index contributed by atoms with van der Waals surface area (Å²) in [5.41, 5.74) is 18.0. The second kappa shape index (κ2) is 12.2. The molecule has 5 heteroatoms. The Morgan fingerprint density at radius 3 is 1.64 bits per heavy atom. The molecule has 2 aromatic carbocycles. The van der Waals surface area contributed by atoms with Crippen LogP contribution >= 0.6 is 0 Å². The average Bonchev–Trinajstić information content (AvgIpc) is 2.90. The molecule has 5 nitrogen and oxygen atoms in total. The molecule has 0 aliphatic heterocycles. The number of allylic oxidation sites excluding steroid dienone is 2. The minimum atomic E-state index is -0.128. The van der Waals surface area contributed by atoms with E-state index in [9.17, 15) is 5.26 Å². The van der Waals surface area contributed by atoms with Crippen molar-refractivity contribution in [3.05, 3.63) is 95.3 Å². The van der Waals surface area contributed by atoms with Crippen LogP contribution in [0.5, 0.6) is 0 Å². The van der Waals surface area contributed by atoms with Gasteiger partial charge in [-0.3, -0.25) is 0 Å². The van der Waals surface area contributed by atoms with Gasteiger partial charge in [0.1, 0.15) is 0 Å². The van der Waals surface area contributed by atoms with Crippen molar-refractivity contribution in [2.45, 2.75) is 128 Å². The van der Waals surface area contributed by atoms with Gasteiger partial charge in [0.15, 0.2) is 5.70 Å². The molecule has 0 aliphatic carbocycles. The highest BCUT2D eigenvalue weighted by atomic mass is 15.1. The van der Waals surface area contributed by atoms with E-state index >= 15 is 0 Å². The third kappa shape index (κ3) is 6.16. The third-order valence-electron chi connectivity index (χ3n) is 9.50. The van der Waals surface area contributed by atoms with Gasteiger partial charge in [-0.2, -0.15) is 5.26 Å². The molecule has 0 atom stereocenters. The summed E-state index contributed by atoms with van der Waals surface area (Å²) in [7, 11) is 0. The Kier molecular flexibility index (Phi) is 9.58. The quantitative estimate of drug-likeness (QED) is 0.301. The van der Waals surface area contributed by atoms with Gasteiger partial charge in [-0.15, -0.1) is 0 Å². The summed E-state index contributed by atoms with van der Waals surface area (Å²) in [4.78, 5) is 13.9. The first-order valence-electron chi connectivity index (χ1n) is 15.5. The molecule has 0 radical (unpaired) electrons. The van der Waals surface area contributed by atoms with Crippen LogP contribution < -0.4 is 5.32 Å². The number of benzene rings is 2. The number of rotatable bonds is 5. The van der Waals surface area contributed by atoms with E-state index in [4.69, 9.17) is 16.5 Å². The Balaban J connectivity index is 2.38. The van der Waals surface area contributed by atoms with E-state index in [2.05, 4.69) is 106 Å². The standard InChI is InChI=1S/C39H51N5/c1-20-22(3)36(23(4)21(2)31(20)19-40)44-37-42-29(10)24(5)32(43-37)18-30-34(38(11,12)13)26(7)33(25(6)28(9)41-17)27(8)35(30)39(14,15)16/h18H2,1-16H3,(H,42,43,44)/b28-25+. The van der Waals surface area contributed by atoms with Crippen LogP contribution in [0.1, 0.15) is 134 Å². The smallest absolute Gasteiger partial charge is 0.227 e. The van der Waals surface area contributed by atoms with Crippen LogP contribution in [0, 0.1) is 73.3 Å². The Morgan fingerprint density at radius 1 is 0.750 bits per heavy atom. The zero-order chi connectivity index (χ0) is 33.6. The van der Waals surface area contributed by atoms with E-state index in [0.717, 1.165) is 61.7 Å². The molecular weight excluding hydrogens is 538 g/mol. The summed E-state index contributed by atoms with van der Waals surface area (Å²) < 4.78 is 0. The van der Waals surface area contributed by atoms with Crippen molar-refractivity contribution in [1.82, 2.24) is 9.97 Å². The lowest BCUT2D eigenvalue weighted by molar-refractivity contribution is 0.551. The van der Waals surface area contributed by atoms with E-state index in [1.165, 1.54) is 33.4 Å². The number of hydrogen-bond donors (Lipinski definition) is 1. The van der Waals surface area contributed by atoms with Crippen molar-refractivity contribution in [2.75, 3.05) is 5.32 Å². The number of hydrogen-bond acceptors (Lipinski definition) is 4. The van der Waals surface area contributed by atoms with Gasteiger partial charge in [0.25, 0.3) is 0 Å². The minimum absolute atomic E-state index is 0.128. The Morgan fingerprint density at radius 2 is 1.23 bits per heavy atom. The first-order valence-corrected chi connectivity index (χ1v) is 15.5. The van der Waals surface area contributed by atoms with Gasteiger partial charge in [0, 0.05) is 17.8 Å². The summed E-state index contributed by atoms with van der Waals surface area (Å²) >= 11 is 0. The molecule has 0 bridgehead atoms. The molecule has 0 saturated heterocycles. The predicted molar refractivity (Wildman–Crippen MR) is 186 cm³/mol. The summed E-state index contributed by atoms with van der Waals surface area (Å²) in [6.07, 6.45) is 0.680. The summed E-state index contributed by atoms with van der Waals surface area (Å²) in [6.45, 7) is 42.2. The van der Waals surface area contributed by atoms with Crippen LogP contribution in [0.2, 0.25) is 0 Å². The second-order valence-electron chi connectivity index (χ2n) is 14.5. The molecule has 0 amide bonds. The first-order chi connectivity index (χ1) is 20.2. The number of aryl methyl sites for hydroxylation is 1. The number of nitriles is 1. The lowest BCUT2D eigenvalue weighted by Crippen LogP contribution is -2.26. The fourth-order valence-corrected chi connectivity index (χ4v) is 7.01. The van der Waals surface area contributed by atoms with Crippen molar-refractivity contribution < 1.29 is 0 Å². The van der Waals surface area contributed by atoms with E-state index in [-0.39, 0.29) is 10.8 Å². The summed E-state index contributed by atoms with van der Waals surface area (Å²) in [6, 6.07) is 2.38. The molecule has 1 N–H and O–H groups in total. The van der Waals surface area contributed by atoms with Gasteiger partial charge in [-0.05, 0) is 147 Å². The van der Waals surface area contributed by atoms with E-state index in [1.807, 2.05) is 20.8 Å². The molecule has 1 heterocycles. The predicted octanol–water partition coefficient (Wildman–Crippen LogP) is 10.4. The molecule has 0 spiro atoms. The molecule has 232 valence electrons. The van der Waals surface area contributed by atoms with Gasteiger partial charge in [-0.25, -0.2) is 14.8 Å². The molecule has 44 heavy (non-hydrogen) atoms. The molecule has 3 aromatic rings. The summed E-state index contributed by atoms with van der Waals surface area (Å²) in [5.74, 6) is 0.573. The lowest BCUT2D eigenvalue weighted by Gasteiger charge is -2.36. The zero-order valence-electron chi connectivity index (χ0n) is 30.0. The molecule has 0 fully saturated rings. The van der Waals surface area contributed by atoms with Crippen molar-refractivity contribution >= 4 is 17.2 Å². The van der Waals surface area contributed by atoms with Gasteiger partial charge < -0.3 is 5.32 Å². The highest BCUT2D eigenvalue weighted by molar-refractivity contribution is 5.77. The van der Waals surface area contributed by atoms with E-state index in [1.54, 1.807) is 0 Å². The topological polar surface area (TPSA) is 66.0 Å². The van der Waals surface area contributed by atoms with Crippen LogP contribution in [-0.4, -0.2) is 9.97 Å². The highest BCUT2D eigenvalue weighted by Crippen LogP contribution is 2.44. The molecule has 3 rings (SSSR count). The second-order valence-corrected chi connectivity index (χ2v) is 14.5. The van der Waals surface area contributed by atoms with Crippen LogP contribution in [0.25, 0.3) is 10.4 Å².